The number of aromatic nitrogens is 2. The fraction of sp³-hybridized carbons (Fsp3) is 0.500. The van der Waals surface area contributed by atoms with Gasteiger partial charge in [0.15, 0.2) is 5.79 Å². The van der Waals surface area contributed by atoms with Crippen LogP contribution in [0.1, 0.15) is 41.4 Å². The number of aromatic amines is 1. The normalized spacial score (nSPS) is 27.0. The van der Waals surface area contributed by atoms with E-state index in [2.05, 4.69) is 10.3 Å². The zero-order valence-electron chi connectivity index (χ0n) is 18.0. The lowest BCUT2D eigenvalue weighted by atomic mass is 9.97. The van der Waals surface area contributed by atoms with Crippen molar-refractivity contribution >= 4 is 5.91 Å². The molecule has 166 valence electrons. The second-order valence-electron chi connectivity index (χ2n) is 8.55. The first-order valence-corrected chi connectivity index (χ1v) is 10.3. The standard InChI is InChI=1S/C22H27N3O6/c1-12-5-6-13(2)14(9-12)20(27)23-10-16-19-18(30-22(3,4)31-19)15(11-29-16)25-8-7-17(26)24-21(25)28/h5-9,15-16,18-19H,10-11H2,1-4H3,(H,23,27)(H,24,26,28)/t15-,16-,18+,19-/m1/s1. The quantitative estimate of drug-likeness (QED) is 0.751. The largest absolute Gasteiger partial charge is 0.371 e. The first-order valence-electron chi connectivity index (χ1n) is 10.3. The van der Waals surface area contributed by atoms with Gasteiger partial charge in [-0.05, 0) is 39.3 Å². The second-order valence-corrected chi connectivity index (χ2v) is 8.55. The number of amides is 1. The summed E-state index contributed by atoms with van der Waals surface area (Å²) in [5.41, 5.74) is 1.52. The molecule has 4 atom stereocenters. The van der Waals surface area contributed by atoms with Crippen molar-refractivity contribution in [3.63, 3.8) is 0 Å². The third kappa shape index (κ3) is 4.34. The molecule has 0 bridgehead atoms. The highest BCUT2D eigenvalue weighted by Crippen LogP contribution is 2.39. The Hall–Kier alpha value is -2.75. The van der Waals surface area contributed by atoms with Crippen molar-refractivity contribution < 1.29 is 19.0 Å². The highest BCUT2D eigenvalue weighted by molar-refractivity contribution is 5.95. The number of nitrogens with one attached hydrogen (secondary N) is 2. The molecule has 1 aromatic carbocycles. The van der Waals surface area contributed by atoms with E-state index in [0.29, 0.717) is 5.56 Å². The Morgan fingerprint density at radius 1 is 1.19 bits per heavy atom. The summed E-state index contributed by atoms with van der Waals surface area (Å²) in [5.74, 6) is -1.05. The highest BCUT2D eigenvalue weighted by Gasteiger charge is 2.52. The first-order chi connectivity index (χ1) is 14.6. The molecule has 2 fully saturated rings. The second kappa shape index (κ2) is 8.07. The van der Waals surface area contributed by atoms with Crippen molar-refractivity contribution in [1.29, 1.82) is 0 Å². The average molecular weight is 429 g/mol. The van der Waals surface area contributed by atoms with Crippen LogP contribution in [-0.2, 0) is 14.2 Å². The van der Waals surface area contributed by atoms with Gasteiger partial charge in [0.2, 0.25) is 0 Å². The zero-order chi connectivity index (χ0) is 22.3. The molecule has 0 aliphatic carbocycles. The van der Waals surface area contributed by atoms with Crippen LogP contribution >= 0.6 is 0 Å². The summed E-state index contributed by atoms with van der Waals surface area (Å²) in [6.45, 7) is 7.84. The van der Waals surface area contributed by atoms with E-state index in [1.165, 1.54) is 16.8 Å². The monoisotopic (exact) mass is 429 g/mol. The molecule has 0 radical (unpaired) electrons. The van der Waals surface area contributed by atoms with Crippen LogP contribution in [0.3, 0.4) is 0 Å². The van der Waals surface area contributed by atoms with Crippen molar-refractivity contribution in [2.24, 2.45) is 0 Å². The number of nitrogens with zero attached hydrogens (tertiary/aromatic N) is 1. The van der Waals surface area contributed by atoms with Crippen LogP contribution in [0, 0.1) is 13.8 Å². The van der Waals surface area contributed by atoms with Gasteiger partial charge in [-0.3, -0.25) is 19.1 Å². The molecule has 0 unspecified atom stereocenters. The van der Waals surface area contributed by atoms with Crippen molar-refractivity contribution in [2.75, 3.05) is 13.2 Å². The number of aryl methyl sites for hydroxylation is 2. The van der Waals surface area contributed by atoms with E-state index in [1.54, 1.807) is 13.8 Å². The van der Waals surface area contributed by atoms with Gasteiger partial charge in [0, 0.05) is 24.4 Å². The number of rotatable bonds is 4. The third-order valence-electron chi connectivity index (χ3n) is 5.70. The van der Waals surface area contributed by atoms with Crippen molar-refractivity contribution in [3.8, 4) is 0 Å². The smallest absolute Gasteiger partial charge is 0.328 e. The zero-order valence-corrected chi connectivity index (χ0v) is 18.0. The number of carbonyl (C=O) groups is 1. The number of fused-ring (bicyclic) bond motifs is 1. The summed E-state index contributed by atoms with van der Waals surface area (Å²) >= 11 is 0. The summed E-state index contributed by atoms with van der Waals surface area (Å²) in [7, 11) is 0. The lowest BCUT2D eigenvalue weighted by molar-refractivity contribution is -0.153. The predicted octanol–water partition coefficient (Wildman–Crippen LogP) is 1.04. The molecule has 2 aliphatic heterocycles. The minimum absolute atomic E-state index is 0.177. The molecule has 0 spiro atoms. The molecule has 9 heteroatoms. The number of H-pyrrole nitrogens is 1. The van der Waals surface area contributed by atoms with Gasteiger partial charge in [0.1, 0.15) is 18.3 Å². The van der Waals surface area contributed by atoms with Crippen LogP contribution in [0.2, 0.25) is 0 Å². The maximum Gasteiger partial charge on any atom is 0.328 e. The van der Waals surface area contributed by atoms with E-state index >= 15 is 0 Å². The number of hydrogen-bond acceptors (Lipinski definition) is 6. The molecule has 0 saturated carbocycles. The number of carbonyl (C=O) groups excluding carboxylic acids is 1. The molecular formula is C22H27N3O6. The summed E-state index contributed by atoms with van der Waals surface area (Å²) in [6.07, 6.45) is 0.0146. The number of hydrogen-bond donors (Lipinski definition) is 2. The third-order valence-corrected chi connectivity index (χ3v) is 5.70. The van der Waals surface area contributed by atoms with Gasteiger partial charge >= 0.3 is 5.69 Å². The Kier molecular flexibility index (Phi) is 5.59. The highest BCUT2D eigenvalue weighted by atomic mass is 16.8. The minimum Gasteiger partial charge on any atom is -0.371 e. The average Bonchev–Trinajstić information content (AvgIpc) is 3.03. The van der Waals surface area contributed by atoms with Gasteiger partial charge in [0.05, 0.1) is 12.6 Å². The van der Waals surface area contributed by atoms with Gasteiger partial charge < -0.3 is 19.5 Å². The molecule has 2 aliphatic rings. The molecule has 2 N–H and O–H groups in total. The SMILES string of the molecule is Cc1ccc(C)c(C(=O)NC[C@H]2OC[C@@H](n3ccc(=O)[nH]c3=O)[C@@H]3OC(C)(C)O[C@@H]32)c1. The van der Waals surface area contributed by atoms with E-state index in [4.69, 9.17) is 14.2 Å². The Bertz CT molecular complexity index is 1100. The molecule has 3 heterocycles. The van der Waals surface area contributed by atoms with Crippen molar-refractivity contribution in [1.82, 2.24) is 14.9 Å². The topological polar surface area (TPSA) is 112 Å². The number of ether oxygens (including phenoxy) is 3. The van der Waals surface area contributed by atoms with Crippen LogP contribution in [0.5, 0.6) is 0 Å². The van der Waals surface area contributed by atoms with Gasteiger partial charge in [0.25, 0.3) is 11.5 Å². The van der Waals surface area contributed by atoms with Gasteiger partial charge in [-0.2, -0.15) is 0 Å². The van der Waals surface area contributed by atoms with Crippen LogP contribution in [0.15, 0.2) is 40.1 Å². The molecular weight excluding hydrogens is 402 g/mol. The van der Waals surface area contributed by atoms with E-state index < -0.39 is 41.4 Å². The Morgan fingerprint density at radius 2 is 1.94 bits per heavy atom. The fourth-order valence-electron chi connectivity index (χ4n) is 4.19. The molecule has 2 aromatic rings. The van der Waals surface area contributed by atoms with Crippen molar-refractivity contribution in [3.05, 3.63) is 68.0 Å². The molecule has 31 heavy (non-hydrogen) atoms. The number of benzene rings is 1. The Labute approximate surface area is 179 Å². The first kappa shape index (κ1) is 21.5. The van der Waals surface area contributed by atoms with Crippen LogP contribution < -0.4 is 16.6 Å². The Balaban J connectivity index is 1.52. The summed E-state index contributed by atoms with van der Waals surface area (Å²) < 4.78 is 19.6. The van der Waals surface area contributed by atoms with Crippen LogP contribution in [0.25, 0.3) is 0 Å². The molecule has 1 amide bonds. The maximum atomic E-state index is 12.7. The van der Waals surface area contributed by atoms with Crippen molar-refractivity contribution in [2.45, 2.75) is 57.8 Å². The minimum atomic E-state index is -0.873. The van der Waals surface area contributed by atoms with Crippen LogP contribution in [0.4, 0.5) is 0 Å². The summed E-state index contributed by atoms with van der Waals surface area (Å²) in [6, 6.07) is 6.55. The summed E-state index contributed by atoms with van der Waals surface area (Å²) in [5, 5.41) is 2.93. The van der Waals surface area contributed by atoms with Crippen LogP contribution in [-0.4, -0.2) is 52.7 Å². The predicted molar refractivity (Wildman–Crippen MR) is 112 cm³/mol. The van der Waals surface area contributed by atoms with Gasteiger partial charge in [-0.25, -0.2) is 4.79 Å². The summed E-state index contributed by atoms with van der Waals surface area (Å²) in [4.78, 5) is 38.7. The molecule has 9 nitrogen and oxygen atoms in total. The van der Waals surface area contributed by atoms with E-state index in [9.17, 15) is 14.4 Å². The van der Waals surface area contributed by atoms with E-state index in [1.807, 2.05) is 32.0 Å². The van der Waals surface area contributed by atoms with E-state index in [0.717, 1.165) is 11.1 Å². The maximum absolute atomic E-state index is 12.7. The van der Waals surface area contributed by atoms with Gasteiger partial charge in [-0.1, -0.05) is 17.7 Å². The molecule has 2 saturated heterocycles. The Morgan fingerprint density at radius 3 is 2.68 bits per heavy atom. The van der Waals surface area contributed by atoms with E-state index in [-0.39, 0.29) is 19.1 Å². The van der Waals surface area contributed by atoms with Gasteiger partial charge in [-0.15, -0.1) is 0 Å². The molecule has 1 aromatic heterocycles. The lowest BCUT2D eigenvalue weighted by Crippen LogP contribution is -2.54. The fourth-order valence-corrected chi connectivity index (χ4v) is 4.19. The lowest BCUT2D eigenvalue weighted by Gasteiger charge is -2.37. The molecule has 4 rings (SSSR count).